The smallest absolute Gasteiger partial charge is 0.226 e. The molecule has 6 nitrogen and oxygen atoms in total. The van der Waals surface area contributed by atoms with E-state index in [-0.39, 0.29) is 24.2 Å². The largest absolute Gasteiger partial charge is 0.345 e. The fourth-order valence-electron chi connectivity index (χ4n) is 2.74. The fraction of sp³-hybridized carbons (Fsp3) is 0.400. The molecule has 21 heavy (non-hydrogen) atoms. The van der Waals surface area contributed by atoms with Crippen molar-refractivity contribution in [3.05, 3.63) is 23.9 Å². The van der Waals surface area contributed by atoms with Crippen LogP contribution in [0.25, 0.3) is 10.9 Å². The highest BCUT2D eigenvalue weighted by Gasteiger charge is 2.30. The van der Waals surface area contributed by atoms with Crippen molar-refractivity contribution < 1.29 is 9.59 Å². The van der Waals surface area contributed by atoms with Gasteiger partial charge in [-0.15, -0.1) is 0 Å². The predicted molar refractivity (Wildman–Crippen MR) is 79.8 cm³/mol. The molecule has 1 unspecified atom stereocenters. The molecule has 6 heteroatoms. The second-order valence-corrected chi connectivity index (χ2v) is 5.58. The van der Waals surface area contributed by atoms with Gasteiger partial charge in [-0.2, -0.15) is 5.10 Å². The van der Waals surface area contributed by atoms with Gasteiger partial charge in [-0.1, -0.05) is 0 Å². The first-order chi connectivity index (χ1) is 10.0. The van der Waals surface area contributed by atoms with Crippen molar-refractivity contribution in [3.63, 3.8) is 0 Å². The van der Waals surface area contributed by atoms with Crippen LogP contribution in [-0.2, 0) is 9.59 Å². The van der Waals surface area contributed by atoms with Crippen molar-refractivity contribution in [1.29, 1.82) is 0 Å². The van der Waals surface area contributed by atoms with Gasteiger partial charge in [-0.05, 0) is 31.5 Å². The summed E-state index contributed by atoms with van der Waals surface area (Å²) in [6.45, 7) is 2.69. The number of aromatic amines is 1. The molecule has 0 saturated carbocycles. The Morgan fingerprint density at radius 1 is 1.52 bits per heavy atom. The predicted octanol–water partition coefficient (Wildman–Crippen LogP) is 1.68. The van der Waals surface area contributed by atoms with E-state index in [0.29, 0.717) is 5.69 Å². The Morgan fingerprint density at radius 3 is 3.05 bits per heavy atom. The summed E-state index contributed by atoms with van der Waals surface area (Å²) in [4.78, 5) is 25.5. The second-order valence-electron chi connectivity index (χ2n) is 5.58. The SMILES string of the molecule is Cc1[nH]nc2cc(NC(=O)CC3CCN(C)C3=O)ccc12. The standard InChI is InChI=1S/C15H18N4O2/c1-9-12-4-3-11(8-13(12)18-17-9)16-14(20)7-10-5-6-19(2)15(10)21/h3-4,8,10H,5-7H2,1-2H3,(H,16,20)(H,17,18). The van der Waals surface area contributed by atoms with Crippen LogP contribution < -0.4 is 5.32 Å². The van der Waals surface area contributed by atoms with Crippen molar-refractivity contribution >= 4 is 28.4 Å². The van der Waals surface area contributed by atoms with Crippen LogP contribution in [-0.4, -0.2) is 40.5 Å². The maximum absolute atomic E-state index is 12.1. The first kappa shape index (κ1) is 13.6. The molecule has 2 aromatic rings. The molecule has 0 spiro atoms. The van der Waals surface area contributed by atoms with Gasteiger partial charge in [-0.3, -0.25) is 14.7 Å². The van der Waals surface area contributed by atoms with Gasteiger partial charge < -0.3 is 10.2 Å². The summed E-state index contributed by atoms with van der Waals surface area (Å²) in [7, 11) is 1.77. The third kappa shape index (κ3) is 2.61. The molecule has 2 heterocycles. The van der Waals surface area contributed by atoms with Gasteiger partial charge in [-0.25, -0.2) is 0 Å². The van der Waals surface area contributed by atoms with Crippen molar-refractivity contribution in [2.75, 3.05) is 18.9 Å². The average molecular weight is 286 g/mol. The summed E-state index contributed by atoms with van der Waals surface area (Å²) >= 11 is 0. The normalized spacial score (nSPS) is 18.5. The lowest BCUT2D eigenvalue weighted by atomic mass is 10.0. The van der Waals surface area contributed by atoms with Gasteiger partial charge in [0.15, 0.2) is 0 Å². The summed E-state index contributed by atoms with van der Waals surface area (Å²) in [5, 5.41) is 11.0. The maximum Gasteiger partial charge on any atom is 0.226 e. The number of hydrogen-bond donors (Lipinski definition) is 2. The van der Waals surface area contributed by atoms with E-state index in [1.165, 1.54) is 0 Å². The topological polar surface area (TPSA) is 78.1 Å². The van der Waals surface area contributed by atoms with Crippen LogP contribution in [0.3, 0.4) is 0 Å². The average Bonchev–Trinajstić information content (AvgIpc) is 2.96. The van der Waals surface area contributed by atoms with Gasteiger partial charge in [0.25, 0.3) is 0 Å². The number of aryl methyl sites for hydroxylation is 1. The van der Waals surface area contributed by atoms with Gasteiger partial charge in [0.2, 0.25) is 11.8 Å². The van der Waals surface area contributed by atoms with Crippen LogP contribution >= 0.6 is 0 Å². The summed E-state index contributed by atoms with van der Waals surface area (Å²) in [6, 6.07) is 5.61. The Kier molecular flexibility index (Phi) is 3.37. The minimum absolute atomic E-state index is 0.0588. The number of nitrogens with one attached hydrogen (secondary N) is 2. The first-order valence-corrected chi connectivity index (χ1v) is 7.04. The Labute approximate surface area is 122 Å². The number of rotatable bonds is 3. The van der Waals surface area contributed by atoms with E-state index in [4.69, 9.17) is 0 Å². The van der Waals surface area contributed by atoms with Crippen LogP contribution in [0, 0.1) is 12.8 Å². The summed E-state index contributed by atoms with van der Waals surface area (Å²) in [5.41, 5.74) is 2.53. The molecule has 1 atom stereocenters. The number of nitrogens with zero attached hydrogens (tertiary/aromatic N) is 2. The number of carbonyl (C=O) groups is 2. The van der Waals surface area contributed by atoms with E-state index in [0.717, 1.165) is 29.6 Å². The molecular weight excluding hydrogens is 268 g/mol. The quantitative estimate of drug-likeness (QED) is 0.901. The van der Waals surface area contributed by atoms with E-state index in [9.17, 15) is 9.59 Å². The highest BCUT2D eigenvalue weighted by atomic mass is 16.2. The number of aromatic nitrogens is 2. The first-order valence-electron chi connectivity index (χ1n) is 7.04. The van der Waals surface area contributed by atoms with Crippen molar-refractivity contribution in [1.82, 2.24) is 15.1 Å². The van der Waals surface area contributed by atoms with Gasteiger partial charge in [0.1, 0.15) is 0 Å². The molecule has 1 fully saturated rings. The van der Waals surface area contributed by atoms with E-state index >= 15 is 0 Å². The molecule has 0 bridgehead atoms. The summed E-state index contributed by atoms with van der Waals surface area (Å²) in [5.74, 6) is -0.259. The van der Waals surface area contributed by atoms with Gasteiger partial charge in [0.05, 0.1) is 5.52 Å². The van der Waals surface area contributed by atoms with Crippen molar-refractivity contribution in [2.24, 2.45) is 5.92 Å². The molecule has 1 aromatic heterocycles. The fourth-order valence-corrected chi connectivity index (χ4v) is 2.74. The summed E-state index contributed by atoms with van der Waals surface area (Å²) in [6.07, 6.45) is 0.987. The Morgan fingerprint density at radius 2 is 2.33 bits per heavy atom. The molecule has 0 radical (unpaired) electrons. The number of likely N-dealkylation sites (tertiary alicyclic amines) is 1. The van der Waals surface area contributed by atoms with Gasteiger partial charge >= 0.3 is 0 Å². The zero-order chi connectivity index (χ0) is 15.0. The minimum Gasteiger partial charge on any atom is -0.345 e. The third-order valence-electron chi connectivity index (χ3n) is 4.00. The lowest BCUT2D eigenvalue weighted by Crippen LogP contribution is -2.25. The zero-order valence-corrected chi connectivity index (χ0v) is 12.1. The van der Waals surface area contributed by atoms with Gasteiger partial charge in [0, 0.05) is 42.7 Å². The van der Waals surface area contributed by atoms with E-state index < -0.39 is 0 Å². The molecule has 1 aliphatic rings. The van der Waals surface area contributed by atoms with Crippen molar-refractivity contribution in [2.45, 2.75) is 19.8 Å². The molecular formula is C15H18N4O2. The highest BCUT2D eigenvalue weighted by Crippen LogP contribution is 2.22. The molecule has 1 aromatic carbocycles. The number of hydrogen-bond acceptors (Lipinski definition) is 3. The number of anilines is 1. The van der Waals surface area contributed by atoms with Crippen molar-refractivity contribution in [3.8, 4) is 0 Å². The number of carbonyl (C=O) groups excluding carboxylic acids is 2. The van der Waals surface area contributed by atoms with Crippen LogP contribution in [0.4, 0.5) is 5.69 Å². The molecule has 110 valence electrons. The van der Waals surface area contributed by atoms with Crippen LogP contribution in [0.5, 0.6) is 0 Å². The highest BCUT2D eigenvalue weighted by molar-refractivity contribution is 5.96. The van der Waals surface area contributed by atoms with E-state index in [1.54, 1.807) is 11.9 Å². The number of H-pyrrole nitrogens is 1. The number of amides is 2. The molecule has 0 aliphatic carbocycles. The minimum atomic E-state index is -0.189. The lowest BCUT2D eigenvalue weighted by Gasteiger charge is -2.10. The molecule has 2 N–H and O–H groups in total. The zero-order valence-electron chi connectivity index (χ0n) is 12.1. The monoisotopic (exact) mass is 286 g/mol. The second kappa shape index (κ2) is 5.20. The number of fused-ring (bicyclic) bond motifs is 1. The van der Waals surface area contributed by atoms with E-state index in [1.807, 2.05) is 25.1 Å². The molecule has 1 saturated heterocycles. The molecule has 1 aliphatic heterocycles. The van der Waals surface area contributed by atoms with Crippen LogP contribution in [0.15, 0.2) is 18.2 Å². The van der Waals surface area contributed by atoms with Crippen LogP contribution in [0.1, 0.15) is 18.5 Å². The Bertz CT molecular complexity index is 707. The van der Waals surface area contributed by atoms with E-state index in [2.05, 4.69) is 15.5 Å². The third-order valence-corrected chi connectivity index (χ3v) is 4.00. The van der Waals surface area contributed by atoms with Crippen LogP contribution in [0.2, 0.25) is 0 Å². The Hall–Kier alpha value is -2.37. The summed E-state index contributed by atoms with van der Waals surface area (Å²) < 4.78 is 0. The number of benzene rings is 1. The molecule has 3 rings (SSSR count). The lowest BCUT2D eigenvalue weighted by molar-refractivity contribution is -0.132. The molecule has 2 amide bonds. The maximum atomic E-state index is 12.1. The Balaban J connectivity index is 1.67.